The zero-order valence-corrected chi connectivity index (χ0v) is 13.3. The van der Waals surface area contributed by atoms with Gasteiger partial charge in [-0.05, 0) is 37.1 Å². The minimum atomic E-state index is -0.899. The minimum absolute atomic E-state index is 0.0921. The number of benzene rings is 1. The number of rotatable bonds is 7. The van der Waals surface area contributed by atoms with Gasteiger partial charge >= 0.3 is 5.97 Å². The largest absolute Gasteiger partial charge is 0.481 e. The van der Waals surface area contributed by atoms with E-state index in [1.807, 2.05) is 24.3 Å². The second kappa shape index (κ2) is 7.29. The number of nitrogens with zero attached hydrogens (tertiary/aromatic N) is 2. The standard InChI is InChI=1S/C17H24N2O3/c1-3-9-18(10-4-2)14-5-7-15(8-6-14)19-12-13(17(21)22)11-16(19)20/h5-8,13H,3-4,9-12H2,1-2H3,(H,21,22)/t13-/m1/s1. The fraction of sp³-hybridized carbons (Fsp3) is 0.529. The van der Waals surface area contributed by atoms with Crippen LogP contribution in [0.15, 0.2) is 24.3 Å². The summed E-state index contributed by atoms with van der Waals surface area (Å²) in [6.07, 6.45) is 2.27. The molecular weight excluding hydrogens is 280 g/mol. The first kappa shape index (κ1) is 16.3. The van der Waals surface area contributed by atoms with Gasteiger partial charge in [-0.25, -0.2) is 0 Å². The lowest BCUT2D eigenvalue weighted by molar-refractivity contribution is -0.141. The first-order valence-electron chi connectivity index (χ1n) is 7.95. The summed E-state index contributed by atoms with van der Waals surface area (Å²) in [5.74, 6) is -1.60. The van der Waals surface area contributed by atoms with E-state index >= 15 is 0 Å². The van der Waals surface area contributed by atoms with E-state index in [0.29, 0.717) is 0 Å². The lowest BCUT2D eigenvalue weighted by Crippen LogP contribution is -2.26. The number of anilines is 2. The van der Waals surface area contributed by atoms with E-state index in [2.05, 4.69) is 18.7 Å². The summed E-state index contributed by atoms with van der Waals surface area (Å²) in [5, 5.41) is 9.05. The Morgan fingerprint density at radius 2 is 1.82 bits per heavy atom. The molecule has 0 saturated carbocycles. The normalized spacial score (nSPS) is 17.8. The summed E-state index contributed by atoms with van der Waals surface area (Å²) in [5.41, 5.74) is 1.93. The Labute approximate surface area is 131 Å². The Kier molecular flexibility index (Phi) is 5.41. The van der Waals surface area contributed by atoms with Crippen molar-refractivity contribution in [1.29, 1.82) is 0 Å². The summed E-state index contributed by atoms with van der Waals surface area (Å²) < 4.78 is 0. The Balaban J connectivity index is 2.11. The highest BCUT2D eigenvalue weighted by molar-refractivity contribution is 5.99. The van der Waals surface area contributed by atoms with Crippen LogP contribution in [0.1, 0.15) is 33.1 Å². The molecule has 2 rings (SSSR count). The molecule has 1 amide bonds. The fourth-order valence-electron chi connectivity index (χ4n) is 2.88. The molecule has 0 aliphatic carbocycles. The summed E-state index contributed by atoms with van der Waals surface area (Å²) in [6, 6.07) is 7.86. The van der Waals surface area contributed by atoms with E-state index in [-0.39, 0.29) is 18.9 Å². The molecule has 1 aliphatic rings. The molecule has 1 fully saturated rings. The lowest BCUT2D eigenvalue weighted by atomic mass is 10.1. The van der Waals surface area contributed by atoms with Crippen LogP contribution in [-0.2, 0) is 9.59 Å². The van der Waals surface area contributed by atoms with Gasteiger partial charge in [0.15, 0.2) is 0 Å². The molecule has 1 heterocycles. The van der Waals surface area contributed by atoms with E-state index in [1.165, 1.54) is 0 Å². The van der Waals surface area contributed by atoms with Crippen molar-refractivity contribution in [1.82, 2.24) is 0 Å². The quantitative estimate of drug-likeness (QED) is 0.841. The topological polar surface area (TPSA) is 60.9 Å². The fourth-order valence-corrected chi connectivity index (χ4v) is 2.88. The first-order valence-corrected chi connectivity index (χ1v) is 7.95. The number of carbonyl (C=O) groups excluding carboxylic acids is 1. The molecule has 5 nitrogen and oxygen atoms in total. The molecule has 1 aromatic rings. The van der Waals surface area contributed by atoms with E-state index < -0.39 is 11.9 Å². The average Bonchev–Trinajstić information content (AvgIpc) is 2.89. The molecule has 0 aromatic heterocycles. The van der Waals surface area contributed by atoms with Crippen LogP contribution in [0.5, 0.6) is 0 Å². The Hall–Kier alpha value is -2.04. The Bertz CT molecular complexity index is 521. The summed E-state index contributed by atoms with van der Waals surface area (Å²) in [4.78, 5) is 26.9. The number of amides is 1. The number of aliphatic carboxylic acids is 1. The van der Waals surface area contributed by atoms with E-state index in [9.17, 15) is 9.59 Å². The van der Waals surface area contributed by atoms with Gasteiger partial charge in [0.2, 0.25) is 5.91 Å². The SMILES string of the molecule is CCCN(CCC)c1ccc(N2C[C@H](C(=O)O)CC2=O)cc1. The third kappa shape index (κ3) is 3.59. The second-order valence-electron chi connectivity index (χ2n) is 5.75. The maximum atomic E-state index is 12.0. The predicted octanol–water partition coefficient (Wildman–Crippen LogP) is 2.75. The van der Waals surface area contributed by atoms with Crippen LogP contribution in [0, 0.1) is 5.92 Å². The van der Waals surface area contributed by atoms with Gasteiger partial charge in [0.1, 0.15) is 0 Å². The highest BCUT2D eigenvalue weighted by atomic mass is 16.4. The van der Waals surface area contributed by atoms with E-state index in [1.54, 1.807) is 4.90 Å². The molecule has 22 heavy (non-hydrogen) atoms. The van der Waals surface area contributed by atoms with Gasteiger partial charge in [0.05, 0.1) is 5.92 Å². The van der Waals surface area contributed by atoms with Crippen molar-refractivity contribution < 1.29 is 14.7 Å². The summed E-state index contributed by atoms with van der Waals surface area (Å²) in [6.45, 7) is 6.60. The van der Waals surface area contributed by atoms with E-state index in [0.717, 1.165) is 37.3 Å². The van der Waals surface area contributed by atoms with Crippen LogP contribution in [0.3, 0.4) is 0 Å². The Morgan fingerprint density at radius 3 is 2.27 bits per heavy atom. The average molecular weight is 304 g/mol. The van der Waals surface area contributed by atoms with Crippen molar-refractivity contribution in [3.8, 4) is 0 Å². The second-order valence-corrected chi connectivity index (χ2v) is 5.75. The first-order chi connectivity index (χ1) is 10.6. The summed E-state index contributed by atoms with van der Waals surface area (Å²) >= 11 is 0. The van der Waals surface area contributed by atoms with Crippen LogP contribution < -0.4 is 9.80 Å². The lowest BCUT2D eigenvalue weighted by Gasteiger charge is -2.25. The van der Waals surface area contributed by atoms with Crippen LogP contribution in [0.25, 0.3) is 0 Å². The van der Waals surface area contributed by atoms with Crippen LogP contribution >= 0.6 is 0 Å². The molecule has 120 valence electrons. The summed E-state index contributed by atoms with van der Waals surface area (Å²) in [7, 11) is 0. The van der Waals surface area contributed by atoms with Crippen LogP contribution in [-0.4, -0.2) is 36.6 Å². The molecule has 1 atom stereocenters. The molecule has 1 N–H and O–H groups in total. The molecule has 5 heteroatoms. The third-order valence-corrected chi connectivity index (χ3v) is 3.99. The zero-order chi connectivity index (χ0) is 16.1. The number of carboxylic acids is 1. The number of hydrogen-bond donors (Lipinski definition) is 1. The van der Waals surface area contributed by atoms with Gasteiger partial charge in [0.25, 0.3) is 0 Å². The van der Waals surface area contributed by atoms with Crippen molar-refractivity contribution in [3.05, 3.63) is 24.3 Å². The number of hydrogen-bond acceptors (Lipinski definition) is 3. The third-order valence-electron chi connectivity index (χ3n) is 3.99. The zero-order valence-electron chi connectivity index (χ0n) is 13.3. The monoisotopic (exact) mass is 304 g/mol. The molecule has 1 saturated heterocycles. The van der Waals surface area contributed by atoms with Gasteiger partial charge in [0, 0.05) is 37.4 Å². The van der Waals surface area contributed by atoms with E-state index in [4.69, 9.17) is 5.11 Å². The van der Waals surface area contributed by atoms with Gasteiger partial charge in [-0.2, -0.15) is 0 Å². The molecule has 0 unspecified atom stereocenters. The predicted molar refractivity (Wildman–Crippen MR) is 87.3 cm³/mol. The maximum absolute atomic E-state index is 12.0. The maximum Gasteiger partial charge on any atom is 0.308 e. The molecule has 0 spiro atoms. The minimum Gasteiger partial charge on any atom is -0.481 e. The van der Waals surface area contributed by atoms with Crippen molar-refractivity contribution in [2.75, 3.05) is 29.4 Å². The highest BCUT2D eigenvalue weighted by Crippen LogP contribution is 2.27. The van der Waals surface area contributed by atoms with Gasteiger partial charge in [-0.1, -0.05) is 13.8 Å². The van der Waals surface area contributed by atoms with Gasteiger partial charge in [-0.15, -0.1) is 0 Å². The number of carbonyl (C=O) groups is 2. The molecule has 1 aliphatic heterocycles. The van der Waals surface area contributed by atoms with Crippen LogP contribution in [0.4, 0.5) is 11.4 Å². The Morgan fingerprint density at radius 1 is 1.23 bits per heavy atom. The number of carboxylic acid groups (broad SMARTS) is 1. The van der Waals surface area contributed by atoms with Crippen molar-refractivity contribution in [2.45, 2.75) is 33.1 Å². The van der Waals surface area contributed by atoms with Crippen molar-refractivity contribution >= 4 is 23.3 Å². The van der Waals surface area contributed by atoms with Crippen molar-refractivity contribution in [3.63, 3.8) is 0 Å². The molecular formula is C17H24N2O3. The van der Waals surface area contributed by atoms with Crippen LogP contribution in [0.2, 0.25) is 0 Å². The molecule has 0 bridgehead atoms. The van der Waals surface area contributed by atoms with Crippen molar-refractivity contribution in [2.24, 2.45) is 5.92 Å². The molecule has 0 radical (unpaired) electrons. The highest BCUT2D eigenvalue weighted by Gasteiger charge is 2.34. The smallest absolute Gasteiger partial charge is 0.308 e. The molecule has 1 aromatic carbocycles. The van der Waals surface area contributed by atoms with Gasteiger partial charge in [-0.3, -0.25) is 9.59 Å². The van der Waals surface area contributed by atoms with Gasteiger partial charge < -0.3 is 14.9 Å².